The fourth-order valence-electron chi connectivity index (χ4n) is 1.90. The number of hydrogen-bond acceptors (Lipinski definition) is 7. The SMILES string of the molecule is O=S(=O)(CCOc1ccccc1)Nc1nnc(Cc2cccs2)s1. The fraction of sp³-hybridized carbons (Fsp3) is 0.200. The van der Waals surface area contributed by atoms with Crippen molar-refractivity contribution >= 4 is 37.8 Å². The van der Waals surface area contributed by atoms with E-state index in [0.717, 1.165) is 9.88 Å². The lowest BCUT2D eigenvalue weighted by molar-refractivity contribution is 0.341. The van der Waals surface area contributed by atoms with Crippen LogP contribution in [0.4, 0.5) is 5.13 Å². The molecular formula is C15H15N3O3S3. The van der Waals surface area contributed by atoms with E-state index in [1.54, 1.807) is 23.5 Å². The quantitative estimate of drug-likeness (QED) is 0.649. The lowest BCUT2D eigenvalue weighted by Gasteiger charge is -2.07. The summed E-state index contributed by atoms with van der Waals surface area (Å²) in [4.78, 5) is 1.16. The smallest absolute Gasteiger partial charge is 0.237 e. The maximum atomic E-state index is 12.1. The van der Waals surface area contributed by atoms with Crippen LogP contribution < -0.4 is 9.46 Å². The Bertz CT molecular complexity index is 862. The van der Waals surface area contributed by atoms with Gasteiger partial charge < -0.3 is 4.74 Å². The third kappa shape index (κ3) is 5.02. The number of nitrogens with one attached hydrogen (secondary N) is 1. The molecule has 0 bridgehead atoms. The molecular weight excluding hydrogens is 366 g/mol. The lowest BCUT2D eigenvalue weighted by Crippen LogP contribution is -2.21. The number of aromatic nitrogens is 2. The number of anilines is 1. The molecule has 3 rings (SSSR count). The third-order valence-corrected chi connectivity index (χ3v) is 6.03. The molecule has 1 aromatic carbocycles. The van der Waals surface area contributed by atoms with Crippen molar-refractivity contribution in [3.8, 4) is 5.75 Å². The van der Waals surface area contributed by atoms with Crippen LogP contribution in [0.15, 0.2) is 47.8 Å². The van der Waals surface area contributed by atoms with Crippen molar-refractivity contribution < 1.29 is 13.2 Å². The van der Waals surface area contributed by atoms with E-state index in [-0.39, 0.29) is 17.5 Å². The van der Waals surface area contributed by atoms with E-state index < -0.39 is 10.0 Å². The average molecular weight is 382 g/mol. The van der Waals surface area contributed by atoms with Gasteiger partial charge in [0, 0.05) is 11.3 Å². The predicted molar refractivity (Wildman–Crippen MR) is 96.4 cm³/mol. The summed E-state index contributed by atoms with van der Waals surface area (Å²) in [6.45, 7) is 0.0696. The second-order valence-corrected chi connectivity index (χ2v) is 8.78. The summed E-state index contributed by atoms with van der Waals surface area (Å²) in [6.07, 6.45) is 0.661. The van der Waals surface area contributed by atoms with Crippen molar-refractivity contribution in [3.05, 3.63) is 57.7 Å². The van der Waals surface area contributed by atoms with Crippen LogP contribution in [0.25, 0.3) is 0 Å². The van der Waals surface area contributed by atoms with E-state index >= 15 is 0 Å². The zero-order valence-corrected chi connectivity index (χ0v) is 15.0. The molecule has 0 saturated heterocycles. The summed E-state index contributed by atoms with van der Waals surface area (Å²) in [6, 6.07) is 13.1. The highest BCUT2D eigenvalue weighted by Gasteiger charge is 2.14. The molecule has 0 spiro atoms. The topological polar surface area (TPSA) is 81.2 Å². The largest absolute Gasteiger partial charge is 0.492 e. The summed E-state index contributed by atoms with van der Waals surface area (Å²) in [7, 11) is -3.52. The number of hydrogen-bond donors (Lipinski definition) is 1. The molecule has 9 heteroatoms. The molecule has 0 fully saturated rings. The van der Waals surface area contributed by atoms with Gasteiger partial charge in [-0.25, -0.2) is 8.42 Å². The van der Waals surface area contributed by atoms with Gasteiger partial charge in [-0.1, -0.05) is 35.6 Å². The minimum absolute atomic E-state index is 0.0696. The predicted octanol–water partition coefficient (Wildman–Crippen LogP) is 3.01. The van der Waals surface area contributed by atoms with Gasteiger partial charge in [0.25, 0.3) is 0 Å². The standard InChI is InChI=1S/C15H15N3O3S3/c19-24(20,10-8-21-12-5-2-1-3-6-12)18-15-17-16-14(23-15)11-13-7-4-9-22-13/h1-7,9H,8,10-11H2,(H,17,18). The molecule has 126 valence electrons. The summed E-state index contributed by atoms with van der Waals surface area (Å²) in [5.41, 5.74) is 0. The van der Waals surface area contributed by atoms with Crippen molar-refractivity contribution in [1.82, 2.24) is 10.2 Å². The fourth-order valence-corrected chi connectivity index (χ4v) is 4.57. The molecule has 0 aliphatic rings. The Morgan fingerprint density at radius 2 is 1.92 bits per heavy atom. The first-order chi connectivity index (χ1) is 11.6. The first-order valence-electron chi connectivity index (χ1n) is 7.14. The van der Waals surface area contributed by atoms with E-state index in [1.807, 2.05) is 35.7 Å². The van der Waals surface area contributed by atoms with Crippen LogP contribution in [0.1, 0.15) is 9.88 Å². The summed E-state index contributed by atoms with van der Waals surface area (Å²) in [5, 5.41) is 11.0. The molecule has 0 aliphatic carbocycles. The molecule has 0 saturated carbocycles. The van der Waals surface area contributed by atoms with Gasteiger partial charge in [0.05, 0.1) is 0 Å². The number of ether oxygens (including phenoxy) is 1. The van der Waals surface area contributed by atoms with Crippen LogP contribution in [-0.4, -0.2) is 31.0 Å². The van der Waals surface area contributed by atoms with E-state index in [9.17, 15) is 8.42 Å². The van der Waals surface area contributed by atoms with Gasteiger partial charge in [0.1, 0.15) is 23.1 Å². The molecule has 0 aliphatic heterocycles. The number of rotatable bonds is 8. The van der Waals surface area contributed by atoms with E-state index in [1.165, 1.54) is 11.3 Å². The van der Waals surface area contributed by atoms with Crippen molar-refractivity contribution in [2.45, 2.75) is 6.42 Å². The third-order valence-electron chi connectivity index (χ3n) is 2.98. The molecule has 2 aromatic heterocycles. The number of nitrogens with zero attached hydrogens (tertiary/aromatic N) is 2. The number of benzene rings is 1. The maximum absolute atomic E-state index is 12.1. The highest BCUT2D eigenvalue weighted by atomic mass is 32.2. The van der Waals surface area contributed by atoms with Gasteiger partial charge in [0.2, 0.25) is 15.2 Å². The van der Waals surface area contributed by atoms with E-state index in [4.69, 9.17) is 4.74 Å². The molecule has 0 unspecified atom stereocenters. The van der Waals surface area contributed by atoms with Crippen LogP contribution in [0.5, 0.6) is 5.75 Å². The van der Waals surface area contributed by atoms with E-state index in [0.29, 0.717) is 12.2 Å². The first-order valence-corrected chi connectivity index (χ1v) is 10.5. The molecule has 0 amide bonds. The van der Waals surface area contributed by atoms with Crippen LogP contribution in [0.2, 0.25) is 0 Å². The molecule has 3 aromatic rings. The molecule has 6 nitrogen and oxygen atoms in total. The van der Waals surface area contributed by atoms with Crippen molar-refractivity contribution in [2.75, 3.05) is 17.1 Å². The number of para-hydroxylation sites is 1. The van der Waals surface area contributed by atoms with Gasteiger partial charge in [-0.15, -0.1) is 21.5 Å². The zero-order chi connectivity index (χ0) is 16.8. The summed E-state index contributed by atoms with van der Waals surface area (Å²) in [5.74, 6) is 0.490. The first kappa shape index (κ1) is 16.9. The van der Waals surface area contributed by atoms with Crippen LogP contribution >= 0.6 is 22.7 Å². The average Bonchev–Trinajstić information content (AvgIpc) is 3.20. The maximum Gasteiger partial charge on any atom is 0.237 e. The normalized spacial score (nSPS) is 11.3. The second kappa shape index (κ2) is 7.73. The van der Waals surface area contributed by atoms with Gasteiger partial charge >= 0.3 is 0 Å². The summed E-state index contributed by atoms with van der Waals surface area (Å²) >= 11 is 2.87. The van der Waals surface area contributed by atoms with Gasteiger partial charge in [-0.3, -0.25) is 4.72 Å². The lowest BCUT2D eigenvalue weighted by atomic mass is 10.3. The highest BCUT2D eigenvalue weighted by molar-refractivity contribution is 7.92. The monoisotopic (exact) mass is 381 g/mol. The van der Waals surface area contributed by atoms with Gasteiger partial charge in [0.15, 0.2) is 0 Å². The van der Waals surface area contributed by atoms with Crippen LogP contribution in [-0.2, 0) is 16.4 Å². The molecule has 24 heavy (non-hydrogen) atoms. The Labute approximate surface area is 148 Å². The molecule has 1 N–H and O–H groups in total. The van der Waals surface area contributed by atoms with Crippen LogP contribution in [0, 0.1) is 0 Å². The Morgan fingerprint density at radius 1 is 1.08 bits per heavy atom. The zero-order valence-electron chi connectivity index (χ0n) is 12.6. The second-order valence-electron chi connectivity index (χ2n) is 4.84. The molecule has 0 atom stereocenters. The summed E-state index contributed by atoms with van der Waals surface area (Å²) < 4.78 is 32.0. The van der Waals surface area contributed by atoms with Gasteiger partial charge in [-0.2, -0.15) is 0 Å². The Hall–Kier alpha value is -1.97. The van der Waals surface area contributed by atoms with Crippen LogP contribution in [0.3, 0.4) is 0 Å². The molecule has 0 radical (unpaired) electrons. The van der Waals surface area contributed by atoms with Crippen molar-refractivity contribution in [2.24, 2.45) is 0 Å². The Balaban J connectivity index is 1.51. The Kier molecular flexibility index (Phi) is 5.44. The van der Waals surface area contributed by atoms with Gasteiger partial charge in [-0.05, 0) is 23.6 Å². The number of thiophene rings is 1. The number of sulfonamides is 1. The Morgan fingerprint density at radius 3 is 2.67 bits per heavy atom. The molecule has 2 heterocycles. The minimum Gasteiger partial charge on any atom is -0.492 e. The van der Waals surface area contributed by atoms with Crippen molar-refractivity contribution in [1.29, 1.82) is 0 Å². The van der Waals surface area contributed by atoms with E-state index in [2.05, 4.69) is 14.9 Å². The minimum atomic E-state index is -3.52. The highest BCUT2D eigenvalue weighted by Crippen LogP contribution is 2.21. The van der Waals surface area contributed by atoms with Crippen molar-refractivity contribution in [3.63, 3.8) is 0 Å².